The Balaban J connectivity index is 2.18. The number of benzene rings is 5. The van der Waals surface area contributed by atoms with Crippen LogP contribution >= 0.6 is 0 Å². The van der Waals surface area contributed by atoms with E-state index >= 15 is 0 Å². The second-order valence-corrected chi connectivity index (χ2v) is 6.06. The first kappa shape index (κ1) is 12.9. The van der Waals surface area contributed by atoms with Gasteiger partial charge in [-0.25, -0.2) is 0 Å². The molecule has 0 saturated carbocycles. The molecule has 5 aromatic rings. The van der Waals surface area contributed by atoms with Crippen LogP contribution in [0.1, 0.15) is 0 Å². The average Bonchev–Trinajstić information content (AvgIpc) is 2.58. The average molecular weight is 296 g/mol. The van der Waals surface area contributed by atoms with E-state index in [1.54, 1.807) is 0 Å². The van der Waals surface area contributed by atoms with Gasteiger partial charge in [-0.05, 0) is 48.6 Å². The molecule has 0 aliphatic rings. The van der Waals surface area contributed by atoms with E-state index in [0.29, 0.717) is 5.46 Å². The van der Waals surface area contributed by atoms with Crippen molar-refractivity contribution in [1.82, 2.24) is 0 Å². The molecule has 23 heavy (non-hydrogen) atoms. The molecule has 0 atom stereocenters. The zero-order valence-corrected chi connectivity index (χ0v) is 12.3. The second-order valence-electron chi connectivity index (χ2n) is 6.06. The van der Waals surface area contributed by atoms with Gasteiger partial charge in [0.25, 0.3) is 0 Å². The van der Waals surface area contributed by atoms with Crippen molar-refractivity contribution < 1.29 is 10.0 Å². The van der Waals surface area contributed by atoms with Crippen molar-refractivity contribution in [2.75, 3.05) is 0 Å². The highest BCUT2D eigenvalue weighted by molar-refractivity contribution is 6.59. The van der Waals surface area contributed by atoms with E-state index in [9.17, 15) is 10.0 Å². The standard InChI is InChI=1S/C20H13BO2/c22-21(23)14-10-13-6-3-8-16-15-7-1-4-12-5-2-9-17(19(12)15)18(11-14)20(13)16/h1-11,22-23H. The molecule has 5 aromatic carbocycles. The van der Waals surface area contributed by atoms with Crippen molar-refractivity contribution in [2.24, 2.45) is 0 Å². The molecular weight excluding hydrogens is 283 g/mol. The van der Waals surface area contributed by atoms with Crippen LogP contribution in [0.5, 0.6) is 0 Å². The van der Waals surface area contributed by atoms with Crippen molar-refractivity contribution in [3.05, 3.63) is 66.7 Å². The summed E-state index contributed by atoms with van der Waals surface area (Å²) in [6.07, 6.45) is 0. The Morgan fingerprint density at radius 1 is 0.565 bits per heavy atom. The van der Waals surface area contributed by atoms with Gasteiger partial charge in [-0.15, -0.1) is 0 Å². The van der Waals surface area contributed by atoms with Crippen molar-refractivity contribution >= 4 is 55.7 Å². The number of hydrogen-bond donors (Lipinski definition) is 2. The lowest BCUT2D eigenvalue weighted by Crippen LogP contribution is -2.29. The molecular formula is C20H13BO2. The minimum Gasteiger partial charge on any atom is -0.423 e. The van der Waals surface area contributed by atoms with E-state index in [1.807, 2.05) is 24.3 Å². The first-order valence-corrected chi connectivity index (χ1v) is 7.69. The highest BCUT2D eigenvalue weighted by Crippen LogP contribution is 2.39. The van der Waals surface area contributed by atoms with Gasteiger partial charge in [-0.2, -0.15) is 0 Å². The monoisotopic (exact) mass is 296 g/mol. The fourth-order valence-electron chi connectivity index (χ4n) is 3.83. The van der Waals surface area contributed by atoms with Crippen LogP contribution in [0.3, 0.4) is 0 Å². The van der Waals surface area contributed by atoms with Gasteiger partial charge in [-0.1, -0.05) is 66.7 Å². The molecule has 0 unspecified atom stereocenters. The summed E-state index contributed by atoms with van der Waals surface area (Å²) in [5, 5.41) is 28.6. The van der Waals surface area contributed by atoms with Crippen LogP contribution in [0.25, 0.3) is 43.1 Å². The Labute approximate surface area is 133 Å². The minimum absolute atomic E-state index is 0.529. The van der Waals surface area contributed by atoms with Crippen LogP contribution in [-0.4, -0.2) is 17.2 Å². The third-order valence-electron chi connectivity index (χ3n) is 4.78. The van der Waals surface area contributed by atoms with Crippen molar-refractivity contribution in [3.8, 4) is 0 Å². The quantitative estimate of drug-likeness (QED) is 0.283. The van der Waals surface area contributed by atoms with E-state index in [0.717, 1.165) is 16.2 Å². The molecule has 0 aliphatic carbocycles. The molecule has 0 bridgehead atoms. The van der Waals surface area contributed by atoms with Gasteiger partial charge in [0, 0.05) is 0 Å². The normalized spacial score (nSPS) is 11.9. The molecule has 2 N–H and O–H groups in total. The predicted molar refractivity (Wildman–Crippen MR) is 97.5 cm³/mol. The molecule has 3 heteroatoms. The summed E-state index contributed by atoms with van der Waals surface area (Å²) in [6, 6.07) is 22.6. The Hall–Kier alpha value is -2.62. The minimum atomic E-state index is -1.46. The lowest BCUT2D eigenvalue weighted by atomic mass is 9.77. The maximum absolute atomic E-state index is 9.64. The SMILES string of the molecule is OB(O)c1cc2cccc3c4cccc5cccc(c(c1)c23)c54. The van der Waals surface area contributed by atoms with Gasteiger partial charge in [0.2, 0.25) is 0 Å². The second kappa shape index (κ2) is 4.45. The number of rotatable bonds is 1. The van der Waals surface area contributed by atoms with Gasteiger partial charge >= 0.3 is 7.12 Å². The molecule has 0 aromatic heterocycles. The maximum atomic E-state index is 9.64. The zero-order valence-electron chi connectivity index (χ0n) is 12.3. The van der Waals surface area contributed by atoms with Crippen LogP contribution in [0, 0.1) is 0 Å². The van der Waals surface area contributed by atoms with E-state index in [2.05, 4.69) is 42.5 Å². The van der Waals surface area contributed by atoms with Crippen LogP contribution in [-0.2, 0) is 0 Å². The van der Waals surface area contributed by atoms with Gasteiger partial charge in [0.05, 0.1) is 0 Å². The third kappa shape index (κ3) is 1.66. The van der Waals surface area contributed by atoms with E-state index in [1.165, 1.54) is 26.9 Å². The van der Waals surface area contributed by atoms with Crippen LogP contribution < -0.4 is 5.46 Å². The molecule has 2 nitrogen and oxygen atoms in total. The van der Waals surface area contributed by atoms with Gasteiger partial charge in [0.15, 0.2) is 0 Å². The highest BCUT2D eigenvalue weighted by Gasteiger charge is 2.17. The van der Waals surface area contributed by atoms with Crippen LogP contribution in [0.4, 0.5) is 0 Å². The fraction of sp³-hybridized carbons (Fsp3) is 0. The van der Waals surface area contributed by atoms with E-state index < -0.39 is 7.12 Å². The van der Waals surface area contributed by atoms with Crippen molar-refractivity contribution in [1.29, 1.82) is 0 Å². The summed E-state index contributed by atoms with van der Waals surface area (Å²) in [5.74, 6) is 0. The summed E-state index contributed by atoms with van der Waals surface area (Å²) >= 11 is 0. The summed E-state index contributed by atoms with van der Waals surface area (Å²) in [4.78, 5) is 0. The Morgan fingerprint density at radius 3 is 1.70 bits per heavy atom. The Kier molecular flexibility index (Phi) is 2.49. The first-order valence-electron chi connectivity index (χ1n) is 7.69. The Morgan fingerprint density at radius 2 is 1.09 bits per heavy atom. The molecule has 5 rings (SSSR count). The van der Waals surface area contributed by atoms with Gasteiger partial charge < -0.3 is 10.0 Å². The topological polar surface area (TPSA) is 40.5 Å². The lowest BCUT2D eigenvalue weighted by Gasteiger charge is -2.15. The zero-order chi connectivity index (χ0) is 15.6. The Bertz CT molecular complexity index is 1190. The molecule has 0 amide bonds. The van der Waals surface area contributed by atoms with Crippen LogP contribution in [0.2, 0.25) is 0 Å². The van der Waals surface area contributed by atoms with E-state index in [4.69, 9.17) is 0 Å². The molecule has 0 aliphatic heterocycles. The third-order valence-corrected chi connectivity index (χ3v) is 4.78. The largest absolute Gasteiger partial charge is 0.488 e. The number of fused-ring (bicyclic) bond motifs is 2. The lowest BCUT2D eigenvalue weighted by molar-refractivity contribution is 0.426. The summed E-state index contributed by atoms with van der Waals surface area (Å²) in [5.41, 5.74) is 0.529. The van der Waals surface area contributed by atoms with Crippen molar-refractivity contribution in [3.63, 3.8) is 0 Å². The molecule has 0 heterocycles. The molecule has 0 saturated heterocycles. The molecule has 0 radical (unpaired) electrons. The van der Waals surface area contributed by atoms with E-state index in [-0.39, 0.29) is 0 Å². The summed E-state index contributed by atoms with van der Waals surface area (Å²) < 4.78 is 0. The summed E-state index contributed by atoms with van der Waals surface area (Å²) in [7, 11) is -1.46. The predicted octanol–water partition coefficient (Wildman–Crippen LogP) is 3.42. The van der Waals surface area contributed by atoms with Gasteiger partial charge in [-0.3, -0.25) is 0 Å². The number of hydrogen-bond acceptors (Lipinski definition) is 2. The van der Waals surface area contributed by atoms with Crippen LogP contribution in [0.15, 0.2) is 66.7 Å². The van der Waals surface area contributed by atoms with Gasteiger partial charge in [0.1, 0.15) is 0 Å². The summed E-state index contributed by atoms with van der Waals surface area (Å²) in [6.45, 7) is 0. The molecule has 0 fully saturated rings. The fourth-order valence-corrected chi connectivity index (χ4v) is 3.83. The van der Waals surface area contributed by atoms with Crippen molar-refractivity contribution in [2.45, 2.75) is 0 Å². The smallest absolute Gasteiger partial charge is 0.423 e. The maximum Gasteiger partial charge on any atom is 0.488 e. The first-order chi connectivity index (χ1) is 11.2. The molecule has 108 valence electrons. The highest BCUT2D eigenvalue weighted by atomic mass is 16.4. The molecule has 0 spiro atoms.